The molecule has 0 radical (unpaired) electrons. The van der Waals surface area contributed by atoms with E-state index in [1.165, 1.54) is 0 Å². The number of nitrogens with two attached hydrogens (primary N) is 1. The van der Waals surface area contributed by atoms with Gasteiger partial charge in [0.25, 0.3) is 0 Å². The van der Waals surface area contributed by atoms with Gasteiger partial charge in [-0.1, -0.05) is 0 Å². The minimum atomic E-state index is 0.800. The Hall–Kier alpha value is 0.0200. The topological polar surface area (TPSA) is 29.3 Å². The molecule has 0 aliphatic carbocycles. The SMILES string of the molecule is C=[P+]=C/C(N)=C/SCN(C)C. The Kier molecular flexibility index (Phi) is 6.73. The van der Waals surface area contributed by atoms with Crippen LogP contribution in [0, 0.1) is 0 Å². The molecule has 0 aromatic rings. The normalized spacial score (nSPS) is 11.7. The molecule has 0 rings (SSSR count). The molecule has 11 heavy (non-hydrogen) atoms. The van der Waals surface area contributed by atoms with Gasteiger partial charge < -0.3 is 0 Å². The van der Waals surface area contributed by atoms with Crippen LogP contribution >= 0.6 is 19.6 Å². The molecule has 62 valence electrons. The van der Waals surface area contributed by atoms with Gasteiger partial charge in [0.1, 0.15) is 0 Å². The summed E-state index contributed by atoms with van der Waals surface area (Å²) in [6.07, 6.45) is 3.65. The fraction of sp³-hybridized carbons (Fsp3) is 0.429. The first-order chi connectivity index (χ1) is 5.16. The van der Waals surface area contributed by atoms with Crippen molar-refractivity contribution >= 4 is 31.7 Å². The van der Waals surface area contributed by atoms with Gasteiger partial charge >= 0.3 is 73.4 Å². The van der Waals surface area contributed by atoms with Crippen molar-refractivity contribution in [3.05, 3.63) is 11.1 Å². The van der Waals surface area contributed by atoms with Gasteiger partial charge in [0.2, 0.25) is 0 Å². The number of allylic oxidation sites excluding steroid dienone is 1. The number of hydrogen-bond acceptors (Lipinski definition) is 3. The first-order valence-corrected chi connectivity index (χ1v) is 5.37. The quantitative estimate of drug-likeness (QED) is 0.532. The van der Waals surface area contributed by atoms with E-state index in [1.807, 2.05) is 25.3 Å². The Morgan fingerprint density at radius 1 is 1.73 bits per heavy atom. The summed E-state index contributed by atoms with van der Waals surface area (Å²) in [6.45, 7) is 0. The Balaban J connectivity index is 3.64. The van der Waals surface area contributed by atoms with Crippen LogP contribution in [0.1, 0.15) is 0 Å². The van der Waals surface area contributed by atoms with Gasteiger partial charge in [-0.3, -0.25) is 0 Å². The van der Waals surface area contributed by atoms with Crippen LogP contribution in [0.2, 0.25) is 0 Å². The summed E-state index contributed by atoms with van der Waals surface area (Å²) < 4.78 is 0. The molecule has 0 fully saturated rings. The van der Waals surface area contributed by atoms with Crippen LogP contribution in [0.15, 0.2) is 11.1 Å². The predicted molar refractivity (Wildman–Crippen MR) is 58.5 cm³/mol. The Morgan fingerprint density at radius 3 is 2.82 bits per heavy atom. The second-order valence-corrected chi connectivity index (χ2v) is 3.76. The fourth-order valence-electron chi connectivity index (χ4n) is 0.418. The van der Waals surface area contributed by atoms with Crippen LogP contribution in [-0.2, 0) is 0 Å². The second kappa shape index (κ2) is 6.71. The predicted octanol–water partition coefficient (Wildman–Crippen LogP) is 1.22. The summed E-state index contributed by atoms with van der Waals surface area (Å²) in [7, 11) is 5.02. The maximum absolute atomic E-state index is 5.59. The van der Waals surface area contributed by atoms with Crippen molar-refractivity contribution in [1.82, 2.24) is 4.90 Å². The molecule has 0 unspecified atom stereocenters. The van der Waals surface area contributed by atoms with Crippen molar-refractivity contribution in [2.45, 2.75) is 0 Å². The van der Waals surface area contributed by atoms with Crippen molar-refractivity contribution in [3.8, 4) is 0 Å². The van der Waals surface area contributed by atoms with E-state index in [-0.39, 0.29) is 0 Å². The summed E-state index contributed by atoms with van der Waals surface area (Å²) in [4.78, 5) is 2.09. The molecule has 0 aromatic carbocycles. The van der Waals surface area contributed by atoms with Crippen LogP contribution in [0.4, 0.5) is 0 Å². The first kappa shape index (κ1) is 11.0. The van der Waals surface area contributed by atoms with Gasteiger partial charge in [0.05, 0.1) is 0 Å². The molecule has 0 atom stereocenters. The molecule has 0 heterocycles. The van der Waals surface area contributed by atoms with E-state index < -0.39 is 0 Å². The van der Waals surface area contributed by atoms with Crippen LogP contribution < -0.4 is 5.73 Å². The molecular formula is C7H14N2PS+. The molecule has 0 spiro atoms. The van der Waals surface area contributed by atoms with E-state index in [2.05, 4.69) is 11.2 Å². The van der Waals surface area contributed by atoms with Crippen molar-refractivity contribution in [1.29, 1.82) is 0 Å². The van der Waals surface area contributed by atoms with Gasteiger partial charge in [-0.2, -0.15) is 0 Å². The van der Waals surface area contributed by atoms with Gasteiger partial charge in [-0.15, -0.1) is 0 Å². The summed E-state index contributed by atoms with van der Waals surface area (Å²) in [6, 6.07) is 0. The molecule has 0 saturated carbocycles. The second-order valence-electron chi connectivity index (χ2n) is 2.30. The monoisotopic (exact) mass is 189 g/mol. The number of rotatable bonds is 4. The summed E-state index contributed by atoms with van der Waals surface area (Å²) in [5.41, 5.74) is 6.39. The average Bonchev–Trinajstić information content (AvgIpc) is 1.87. The third-order valence-corrected chi connectivity index (χ3v) is 2.38. The molecule has 4 heteroatoms. The number of thioether (sulfide) groups is 1. The zero-order valence-corrected chi connectivity index (χ0v) is 8.66. The van der Waals surface area contributed by atoms with Crippen molar-refractivity contribution in [2.24, 2.45) is 5.73 Å². The summed E-state index contributed by atoms with van der Waals surface area (Å²) >= 11 is 1.68. The third kappa shape index (κ3) is 7.92. The van der Waals surface area contributed by atoms with E-state index in [4.69, 9.17) is 5.73 Å². The zero-order chi connectivity index (χ0) is 8.69. The molecule has 0 aliphatic rings. The Labute approximate surface area is 73.9 Å². The average molecular weight is 189 g/mol. The van der Waals surface area contributed by atoms with E-state index >= 15 is 0 Å². The standard InChI is InChI=1S/C7H14N2PS/c1-9(2)6-11-5-7(8)4-10-3/h4-5H,3,6,8H2,1-2H3/q+1/b7-5-. The molecule has 0 aromatic heterocycles. The van der Waals surface area contributed by atoms with E-state index in [0.29, 0.717) is 0 Å². The van der Waals surface area contributed by atoms with Crippen molar-refractivity contribution < 1.29 is 0 Å². The zero-order valence-electron chi connectivity index (χ0n) is 6.95. The van der Waals surface area contributed by atoms with Crippen molar-refractivity contribution in [2.75, 3.05) is 20.0 Å². The number of hydrogen-bond donors (Lipinski definition) is 1. The summed E-state index contributed by atoms with van der Waals surface area (Å²) in [5.74, 6) is 2.84. The minimum absolute atomic E-state index is 0.800. The van der Waals surface area contributed by atoms with Crippen LogP contribution in [0.5, 0.6) is 0 Å². The molecule has 0 amide bonds. The molecule has 0 bridgehead atoms. The van der Waals surface area contributed by atoms with Gasteiger partial charge in [-0.25, -0.2) is 0 Å². The first-order valence-electron chi connectivity index (χ1n) is 3.18. The molecule has 2 N–H and O–H groups in total. The molecule has 0 aliphatic heterocycles. The van der Waals surface area contributed by atoms with Crippen LogP contribution in [-0.4, -0.2) is 37.0 Å². The van der Waals surface area contributed by atoms with Crippen molar-refractivity contribution in [3.63, 3.8) is 0 Å². The van der Waals surface area contributed by atoms with E-state index in [0.717, 1.165) is 19.4 Å². The fourth-order valence-corrected chi connectivity index (χ4v) is 1.44. The van der Waals surface area contributed by atoms with E-state index in [9.17, 15) is 0 Å². The Bertz CT molecular complexity index is 183. The van der Waals surface area contributed by atoms with Gasteiger partial charge in [0.15, 0.2) is 0 Å². The molecule has 2 nitrogen and oxygen atoms in total. The Morgan fingerprint density at radius 2 is 2.36 bits per heavy atom. The van der Waals surface area contributed by atoms with E-state index in [1.54, 1.807) is 11.8 Å². The maximum atomic E-state index is 5.59. The molecule has 0 saturated heterocycles. The van der Waals surface area contributed by atoms with Crippen LogP contribution in [0.25, 0.3) is 0 Å². The third-order valence-electron chi connectivity index (χ3n) is 0.793. The summed E-state index contributed by atoms with van der Waals surface area (Å²) in [5, 5.41) is 1.94. The van der Waals surface area contributed by atoms with Crippen LogP contribution in [0.3, 0.4) is 0 Å². The molecular weight excluding hydrogens is 175 g/mol. The van der Waals surface area contributed by atoms with Gasteiger partial charge in [0, 0.05) is 0 Å². The number of nitrogens with zero attached hydrogens (tertiary/aromatic N) is 1. The van der Waals surface area contributed by atoms with Gasteiger partial charge in [-0.05, 0) is 0 Å².